The molecule has 0 fully saturated rings. The topological polar surface area (TPSA) is 6.48 Å². The van der Waals surface area contributed by atoms with Gasteiger partial charge in [-0.25, -0.2) is 0 Å². The first kappa shape index (κ1) is 37.5. The maximum Gasteiger partial charge on any atom is 0.0833 e. The summed E-state index contributed by atoms with van der Waals surface area (Å²) in [5, 5.41) is 1.07. The van der Waals surface area contributed by atoms with Crippen molar-refractivity contribution in [1.82, 2.24) is 0 Å². The van der Waals surface area contributed by atoms with Gasteiger partial charge in [0, 0.05) is 28.4 Å². The average molecular weight is 706 g/mol. The Morgan fingerprint density at radius 2 is 0.700 bits per heavy atom. The lowest BCUT2D eigenvalue weighted by atomic mass is 9.86. The number of nitrogens with zero attached hydrogens (tertiary/aromatic N) is 2. The van der Waals surface area contributed by atoms with Crippen LogP contribution in [0.15, 0.2) is 109 Å². The molecule has 0 saturated heterocycles. The molecule has 5 aromatic carbocycles. The molecule has 2 nitrogen and oxygen atoms in total. The van der Waals surface area contributed by atoms with E-state index >= 15 is 0 Å². The molecular weight excluding hydrogens is 651 g/mol. The highest BCUT2D eigenvalue weighted by molar-refractivity contribution is 6.44. The monoisotopic (exact) mass is 704 g/mol. The van der Waals surface area contributed by atoms with Crippen molar-refractivity contribution in [2.45, 2.75) is 105 Å². The summed E-state index contributed by atoms with van der Waals surface area (Å²) in [7, 11) is 0. The van der Waals surface area contributed by atoms with Crippen molar-refractivity contribution in [2.75, 3.05) is 9.80 Å². The number of benzene rings is 5. The average Bonchev–Trinajstić information content (AvgIpc) is 3.02. The van der Waals surface area contributed by atoms with Gasteiger partial charge in [-0.15, -0.1) is 0 Å². The minimum Gasteiger partial charge on any atom is -0.310 e. The Morgan fingerprint density at radius 3 is 1.06 bits per heavy atom. The molecule has 5 aromatic rings. The fourth-order valence-electron chi connectivity index (χ4n) is 6.15. The van der Waals surface area contributed by atoms with E-state index in [-0.39, 0.29) is 21.7 Å². The molecule has 0 aliphatic rings. The van der Waals surface area contributed by atoms with Crippen LogP contribution in [-0.2, 0) is 21.7 Å². The quantitative estimate of drug-likeness (QED) is 0.174. The molecule has 0 N–H and O–H groups in total. The van der Waals surface area contributed by atoms with E-state index in [4.69, 9.17) is 23.2 Å². The molecule has 4 heteroatoms. The van der Waals surface area contributed by atoms with Crippen molar-refractivity contribution in [3.8, 4) is 0 Å². The molecule has 0 aromatic heterocycles. The van der Waals surface area contributed by atoms with Crippen LogP contribution < -0.4 is 9.80 Å². The number of halogens is 2. The predicted octanol–water partition coefficient (Wildman–Crippen LogP) is 15.1. The molecule has 262 valence electrons. The van der Waals surface area contributed by atoms with Gasteiger partial charge < -0.3 is 9.80 Å². The zero-order valence-corrected chi connectivity index (χ0v) is 33.6. The van der Waals surface area contributed by atoms with Crippen molar-refractivity contribution < 1.29 is 0 Å². The maximum atomic E-state index is 7.13. The van der Waals surface area contributed by atoms with E-state index in [0.717, 1.165) is 39.7 Å². The number of hydrogen-bond donors (Lipinski definition) is 0. The highest BCUT2D eigenvalue weighted by Crippen LogP contribution is 2.46. The second-order valence-corrected chi connectivity index (χ2v) is 18.4. The smallest absolute Gasteiger partial charge is 0.0833 e. The summed E-state index contributed by atoms with van der Waals surface area (Å²) in [6, 6.07) is 39.6. The maximum absolute atomic E-state index is 7.13. The predicted molar refractivity (Wildman–Crippen MR) is 221 cm³/mol. The van der Waals surface area contributed by atoms with Crippen LogP contribution in [0.3, 0.4) is 0 Å². The summed E-state index contributed by atoms with van der Waals surface area (Å²) in [6.07, 6.45) is 0. The van der Waals surface area contributed by atoms with Gasteiger partial charge in [-0.1, -0.05) is 149 Å². The Labute approximate surface area is 312 Å². The van der Waals surface area contributed by atoms with Gasteiger partial charge >= 0.3 is 0 Å². The standard InChI is InChI=1S/C46H54Cl2N2/c1-43(2,3)31-16-22-35(23-17-31)49(36-24-18-32(19-25-36)44(4,5)6)38-14-13-15-39(30-38)50(37-26-20-33(21-27-37)45(7,8)9)41-29-34(46(10,11)12)28-40(47)42(41)48/h13-30H,1-12H3. The first-order valence-corrected chi connectivity index (χ1v) is 18.4. The van der Waals surface area contributed by atoms with Crippen LogP contribution in [0.25, 0.3) is 0 Å². The molecule has 0 atom stereocenters. The Balaban J connectivity index is 1.73. The summed E-state index contributed by atoms with van der Waals surface area (Å²) in [4.78, 5) is 4.58. The van der Waals surface area contributed by atoms with Crippen molar-refractivity contribution in [2.24, 2.45) is 0 Å². The van der Waals surface area contributed by atoms with Crippen LogP contribution in [-0.4, -0.2) is 0 Å². The first-order chi connectivity index (χ1) is 23.1. The first-order valence-electron chi connectivity index (χ1n) is 17.7. The van der Waals surface area contributed by atoms with Crippen LogP contribution in [0.1, 0.15) is 105 Å². The number of hydrogen-bond acceptors (Lipinski definition) is 2. The zero-order valence-electron chi connectivity index (χ0n) is 32.0. The third-order valence-corrected chi connectivity index (χ3v) is 10.2. The van der Waals surface area contributed by atoms with E-state index in [9.17, 15) is 0 Å². The van der Waals surface area contributed by atoms with Crippen molar-refractivity contribution in [3.63, 3.8) is 0 Å². The third kappa shape index (κ3) is 8.25. The molecule has 0 aliphatic carbocycles. The van der Waals surface area contributed by atoms with Crippen molar-refractivity contribution in [1.29, 1.82) is 0 Å². The second-order valence-electron chi connectivity index (χ2n) is 17.6. The van der Waals surface area contributed by atoms with Gasteiger partial charge in [0.25, 0.3) is 0 Å². The molecule has 5 rings (SSSR count). The molecule has 0 aliphatic heterocycles. The van der Waals surface area contributed by atoms with Crippen LogP contribution in [0.2, 0.25) is 10.0 Å². The van der Waals surface area contributed by atoms with E-state index in [2.05, 4.69) is 196 Å². The Bertz CT molecular complexity index is 1870. The summed E-state index contributed by atoms with van der Waals surface area (Å²) >= 11 is 14.0. The van der Waals surface area contributed by atoms with Gasteiger partial charge in [0.15, 0.2) is 0 Å². The van der Waals surface area contributed by atoms with Gasteiger partial charge in [0.1, 0.15) is 0 Å². The zero-order chi connectivity index (χ0) is 36.8. The molecule has 0 amide bonds. The lowest BCUT2D eigenvalue weighted by molar-refractivity contribution is 0.590. The van der Waals surface area contributed by atoms with E-state index in [1.165, 1.54) is 16.7 Å². The van der Waals surface area contributed by atoms with E-state index < -0.39 is 0 Å². The van der Waals surface area contributed by atoms with Crippen LogP contribution in [0, 0.1) is 0 Å². The summed E-state index contributed by atoms with van der Waals surface area (Å²) < 4.78 is 0. The molecule has 0 heterocycles. The largest absolute Gasteiger partial charge is 0.310 e. The normalized spacial score (nSPS) is 12.6. The Morgan fingerprint density at radius 1 is 0.360 bits per heavy atom. The van der Waals surface area contributed by atoms with Crippen molar-refractivity contribution in [3.05, 3.63) is 141 Å². The second kappa shape index (κ2) is 13.8. The van der Waals surface area contributed by atoms with E-state index in [1.54, 1.807) is 0 Å². The number of rotatable bonds is 6. The fourth-order valence-corrected chi connectivity index (χ4v) is 6.56. The van der Waals surface area contributed by atoms with Gasteiger partial charge in [-0.3, -0.25) is 0 Å². The van der Waals surface area contributed by atoms with Gasteiger partial charge in [-0.05, 0) is 111 Å². The minimum atomic E-state index is -0.123. The van der Waals surface area contributed by atoms with E-state index in [1.807, 2.05) is 6.07 Å². The summed E-state index contributed by atoms with van der Waals surface area (Å²) in [5.74, 6) is 0. The molecule has 0 saturated carbocycles. The molecule has 0 bridgehead atoms. The highest BCUT2D eigenvalue weighted by Gasteiger charge is 2.25. The van der Waals surface area contributed by atoms with Crippen LogP contribution in [0.5, 0.6) is 0 Å². The van der Waals surface area contributed by atoms with Gasteiger partial charge in [-0.2, -0.15) is 0 Å². The lowest BCUT2D eigenvalue weighted by Gasteiger charge is -2.32. The van der Waals surface area contributed by atoms with E-state index in [0.29, 0.717) is 10.0 Å². The Hall–Kier alpha value is -3.72. The summed E-state index contributed by atoms with van der Waals surface area (Å²) in [5.41, 5.74) is 11.1. The van der Waals surface area contributed by atoms with Crippen LogP contribution >= 0.6 is 23.2 Å². The van der Waals surface area contributed by atoms with Crippen LogP contribution in [0.4, 0.5) is 34.1 Å². The highest BCUT2D eigenvalue weighted by atomic mass is 35.5. The third-order valence-electron chi connectivity index (χ3n) is 9.44. The van der Waals surface area contributed by atoms with Gasteiger partial charge in [0.05, 0.1) is 15.7 Å². The molecule has 0 radical (unpaired) electrons. The van der Waals surface area contributed by atoms with Gasteiger partial charge in [0.2, 0.25) is 0 Å². The summed E-state index contributed by atoms with van der Waals surface area (Å²) in [6.45, 7) is 26.8. The SMILES string of the molecule is CC(C)(C)c1ccc(N(c2ccc(C(C)(C)C)cc2)c2cccc(N(c3ccc(C(C)(C)C)cc3)c3cc(C(C)(C)C)cc(Cl)c3Cl)c2)cc1. The van der Waals surface area contributed by atoms with Crippen molar-refractivity contribution >= 4 is 57.3 Å². The molecule has 0 unspecified atom stereocenters. The lowest BCUT2D eigenvalue weighted by Crippen LogP contribution is -2.17. The molecule has 0 spiro atoms. The molecular formula is C46H54Cl2N2. The molecule has 50 heavy (non-hydrogen) atoms. The minimum absolute atomic E-state index is 0.0297. The Kier molecular flexibility index (Phi) is 10.3. The fraction of sp³-hybridized carbons (Fsp3) is 0.348. The number of anilines is 6.